The first-order valence-electron chi connectivity index (χ1n) is 20.9. The highest BCUT2D eigenvalue weighted by Gasteiger charge is 2.78. The summed E-state index contributed by atoms with van der Waals surface area (Å²) in [6.45, 7) is 9.83. The molecule has 4 N–H and O–H groups in total. The Hall–Kier alpha value is -5.74. The minimum Gasteiger partial charge on any atom is -0.456 e. The number of ketones is 1. The molecule has 1 aliphatic heterocycles. The van der Waals surface area contributed by atoms with Gasteiger partial charge in [-0.1, -0.05) is 80.1 Å². The van der Waals surface area contributed by atoms with E-state index in [9.17, 15) is 39.3 Å². The van der Waals surface area contributed by atoms with Crippen molar-refractivity contribution in [3.05, 3.63) is 118 Å². The van der Waals surface area contributed by atoms with Gasteiger partial charge in [-0.3, -0.25) is 19.2 Å². The summed E-state index contributed by atoms with van der Waals surface area (Å²) in [4.78, 5) is 83.7. The van der Waals surface area contributed by atoms with Gasteiger partial charge in [0.15, 0.2) is 23.6 Å². The van der Waals surface area contributed by atoms with Crippen LogP contribution in [0.4, 0.5) is 0 Å². The molecular weight excluding hydrogens is 815 g/mol. The first kappa shape index (κ1) is 45.3. The van der Waals surface area contributed by atoms with Gasteiger partial charge < -0.3 is 44.3 Å². The van der Waals surface area contributed by atoms with E-state index in [1.54, 1.807) is 86.6 Å². The van der Waals surface area contributed by atoms with Gasteiger partial charge in [-0.05, 0) is 61.7 Å². The first-order valence-corrected chi connectivity index (χ1v) is 20.9. The molecule has 0 aromatic heterocycles. The van der Waals surface area contributed by atoms with Gasteiger partial charge in [-0.25, -0.2) is 9.59 Å². The van der Waals surface area contributed by atoms with Crippen LogP contribution in [-0.4, -0.2) is 105 Å². The summed E-state index contributed by atoms with van der Waals surface area (Å²) in [6, 6.07) is 21.5. The van der Waals surface area contributed by atoms with Crippen molar-refractivity contribution >= 4 is 35.6 Å². The van der Waals surface area contributed by atoms with E-state index in [2.05, 4.69) is 5.32 Å². The van der Waals surface area contributed by atoms with E-state index in [4.69, 9.17) is 23.7 Å². The molecule has 0 spiro atoms. The SMILES string of the molecule is CC(=O)O[C@H]1C(=O)[C@@]2(C)[C@H]([C@H](OC(=O)c3ccccc3)[C@]3(O)C[C@H](OC(=O)[C@H](O)[C@H](NC(=O)c4ccccc4)c4ccc(C)cc4)C(C)=C1C3(C)C)[C@]1(OC(C)=O)CO[C@@H]1C[C@@H]2O. The van der Waals surface area contributed by atoms with E-state index in [0.717, 1.165) is 19.4 Å². The third kappa shape index (κ3) is 7.64. The smallest absolute Gasteiger partial charge is 0.338 e. The van der Waals surface area contributed by atoms with Crippen molar-refractivity contribution in [2.45, 2.75) is 115 Å². The van der Waals surface area contributed by atoms with Crippen molar-refractivity contribution in [1.29, 1.82) is 0 Å². The molecule has 4 aliphatic rings. The van der Waals surface area contributed by atoms with E-state index in [-0.39, 0.29) is 35.3 Å². The maximum Gasteiger partial charge on any atom is 0.338 e. The molecule has 63 heavy (non-hydrogen) atoms. The largest absolute Gasteiger partial charge is 0.456 e. The Morgan fingerprint density at radius 1 is 0.825 bits per heavy atom. The number of Topliss-reactive ketones (excluding diaryl/α,β-unsaturated/α-hetero) is 1. The number of rotatable bonds is 10. The zero-order chi connectivity index (χ0) is 45.8. The zero-order valence-corrected chi connectivity index (χ0v) is 36.2. The third-order valence-corrected chi connectivity index (χ3v) is 13.8. The lowest BCUT2D eigenvalue weighted by Gasteiger charge is -2.67. The van der Waals surface area contributed by atoms with E-state index in [1.807, 2.05) is 6.92 Å². The van der Waals surface area contributed by atoms with Crippen molar-refractivity contribution in [2.24, 2.45) is 16.7 Å². The number of benzene rings is 3. The number of aliphatic hydroxyl groups is 3. The molecule has 1 amide bonds. The second-order valence-electron chi connectivity index (χ2n) is 17.9. The van der Waals surface area contributed by atoms with Crippen LogP contribution in [0.5, 0.6) is 0 Å². The number of hydrogen-bond donors (Lipinski definition) is 4. The second kappa shape index (κ2) is 16.8. The summed E-state index contributed by atoms with van der Waals surface area (Å²) in [7, 11) is 0. The van der Waals surface area contributed by atoms with Gasteiger partial charge in [0, 0.05) is 37.7 Å². The summed E-state index contributed by atoms with van der Waals surface area (Å²) >= 11 is 0. The minimum atomic E-state index is -2.39. The van der Waals surface area contributed by atoms with Gasteiger partial charge in [-0.2, -0.15) is 0 Å². The standard InChI is InChI=1S/C48H53NO14/c1-25-18-20-29(21-19-25)36(49-42(55)30-14-10-8-11-15-30)37(53)44(57)61-32-23-48(58)41(62-43(56)31-16-12-9-13-17-31)39-46(7,33(52)22-34-47(39,24-59-34)63-28(4)51)40(54)38(60-27(3)50)35(26(32)2)45(48,5)6/h8-21,32-34,36-39,41,52-53,58H,22-24H2,1-7H3,(H,49,55)/t32-,33-,34+,36+,37+,38+,39-,41-,46+,47-,48+/m0/s1. The topological polar surface area (TPSA) is 221 Å². The maximum absolute atomic E-state index is 15.5. The van der Waals surface area contributed by atoms with E-state index in [1.165, 1.54) is 26.0 Å². The highest BCUT2D eigenvalue weighted by Crippen LogP contribution is 2.64. The molecule has 3 fully saturated rings. The van der Waals surface area contributed by atoms with Crippen molar-refractivity contribution in [1.82, 2.24) is 5.32 Å². The van der Waals surface area contributed by atoms with Gasteiger partial charge in [0.25, 0.3) is 5.91 Å². The average Bonchev–Trinajstić information content (AvgIpc) is 3.24. The highest BCUT2D eigenvalue weighted by molar-refractivity contribution is 5.96. The Morgan fingerprint density at radius 2 is 1.43 bits per heavy atom. The molecule has 15 heteroatoms. The van der Waals surface area contributed by atoms with Gasteiger partial charge in [0.2, 0.25) is 0 Å². The molecule has 3 aromatic carbocycles. The number of aliphatic hydroxyl groups excluding tert-OH is 2. The van der Waals surface area contributed by atoms with Crippen LogP contribution >= 0.6 is 0 Å². The molecule has 1 heterocycles. The predicted molar refractivity (Wildman–Crippen MR) is 222 cm³/mol. The molecule has 1 saturated heterocycles. The molecule has 3 aromatic rings. The number of hydrogen-bond acceptors (Lipinski definition) is 14. The Morgan fingerprint density at radius 3 is 1.98 bits per heavy atom. The number of nitrogens with one attached hydrogen (secondary N) is 1. The lowest BCUT2D eigenvalue weighted by Crippen LogP contribution is -2.82. The van der Waals surface area contributed by atoms with Crippen molar-refractivity contribution in [3.8, 4) is 0 Å². The molecule has 2 bridgehead atoms. The number of esters is 4. The van der Waals surface area contributed by atoms with Gasteiger partial charge >= 0.3 is 23.9 Å². The second-order valence-corrected chi connectivity index (χ2v) is 17.9. The number of amides is 1. The summed E-state index contributed by atoms with van der Waals surface area (Å²) in [5.41, 5.74) is -6.14. The van der Waals surface area contributed by atoms with Crippen LogP contribution in [-0.2, 0) is 42.9 Å². The quantitative estimate of drug-likeness (QED) is 0.128. The molecule has 0 unspecified atom stereocenters. The number of carbonyl (C=O) groups excluding carboxylic acids is 6. The average molecular weight is 868 g/mol. The van der Waals surface area contributed by atoms with Crippen LogP contribution in [0.3, 0.4) is 0 Å². The maximum atomic E-state index is 15.5. The molecule has 7 rings (SSSR count). The molecule has 0 radical (unpaired) electrons. The van der Waals surface area contributed by atoms with E-state index < -0.39 is 113 Å². The minimum absolute atomic E-state index is 0.00245. The van der Waals surface area contributed by atoms with Crippen molar-refractivity contribution in [2.75, 3.05) is 6.61 Å². The highest BCUT2D eigenvalue weighted by atomic mass is 16.6. The predicted octanol–water partition coefficient (Wildman–Crippen LogP) is 4.04. The van der Waals surface area contributed by atoms with Gasteiger partial charge in [0.05, 0.1) is 35.6 Å². The summed E-state index contributed by atoms with van der Waals surface area (Å²) in [5.74, 6) is -6.84. The fraction of sp³-hybridized carbons (Fsp3) is 0.458. The van der Waals surface area contributed by atoms with Crippen molar-refractivity contribution in [3.63, 3.8) is 0 Å². The van der Waals surface area contributed by atoms with Crippen LogP contribution in [0.1, 0.15) is 92.3 Å². The number of fused-ring (bicyclic) bond motifs is 5. The number of carbonyl (C=O) groups is 6. The first-order chi connectivity index (χ1) is 29.7. The third-order valence-electron chi connectivity index (χ3n) is 13.8. The van der Waals surface area contributed by atoms with Crippen molar-refractivity contribution < 1.29 is 67.8 Å². The summed E-state index contributed by atoms with van der Waals surface area (Å²) in [5, 5.41) is 40.4. The fourth-order valence-electron chi connectivity index (χ4n) is 10.3. The Kier molecular flexibility index (Phi) is 12.0. The lowest BCUT2D eigenvalue weighted by atomic mass is 9.44. The fourth-order valence-corrected chi connectivity index (χ4v) is 10.3. The molecule has 15 nitrogen and oxygen atoms in total. The van der Waals surface area contributed by atoms with Crippen LogP contribution in [0.2, 0.25) is 0 Å². The van der Waals surface area contributed by atoms with Crippen LogP contribution in [0, 0.1) is 23.7 Å². The van der Waals surface area contributed by atoms with Crippen LogP contribution in [0.25, 0.3) is 0 Å². The number of aryl methyl sites for hydroxylation is 1. The van der Waals surface area contributed by atoms with Crippen LogP contribution < -0.4 is 5.32 Å². The Balaban J connectivity index is 1.39. The Bertz CT molecular complexity index is 2330. The molecule has 3 aliphatic carbocycles. The van der Waals surface area contributed by atoms with E-state index in [0.29, 0.717) is 5.56 Å². The van der Waals surface area contributed by atoms with E-state index >= 15 is 4.79 Å². The molecular formula is C48H53NO14. The van der Waals surface area contributed by atoms with Gasteiger partial charge in [-0.15, -0.1) is 0 Å². The molecule has 11 atom stereocenters. The molecule has 2 saturated carbocycles. The summed E-state index contributed by atoms with van der Waals surface area (Å²) < 4.78 is 30.3. The molecule has 334 valence electrons. The number of ether oxygens (including phenoxy) is 5. The Labute approximate surface area is 364 Å². The normalized spacial score (nSPS) is 31.6. The summed E-state index contributed by atoms with van der Waals surface area (Å²) in [6.07, 6.45) is -10.5. The van der Waals surface area contributed by atoms with Gasteiger partial charge in [0.1, 0.15) is 23.9 Å². The zero-order valence-electron chi connectivity index (χ0n) is 36.2. The lowest BCUT2D eigenvalue weighted by molar-refractivity contribution is -0.346. The van der Waals surface area contributed by atoms with Crippen LogP contribution in [0.15, 0.2) is 96.1 Å². The monoisotopic (exact) mass is 867 g/mol.